The van der Waals surface area contributed by atoms with E-state index in [1.807, 2.05) is 25.4 Å². The summed E-state index contributed by atoms with van der Waals surface area (Å²) in [5, 5.41) is 5.03. The van der Waals surface area contributed by atoms with Crippen LogP contribution in [0, 0.1) is 0 Å². The van der Waals surface area contributed by atoms with Crippen molar-refractivity contribution in [2.75, 3.05) is 7.05 Å². The zero-order chi connectivity index (χ0) is 15.9. The van der Waals surface area contributed by atoms with Crippen LogP contribution in [0.4, 0.5) is 0 Å². The normalized spacial score (nSPS) is 11.1. The lowest BCUT2D eigenvalue weighted by Gasteiger charge is -2.15. The first-order chi connectivity index (χ1) is 10.5. The van der Waals surface area contributed by atoms with Gasteiger partial charge in [0.2, 0.25) is 0 Å². The maximum atomic E-state index is 12.7. The number of hydrogen-bond donors (Lipinski definition) is 1. The highest BCUT2D eigenvalue weighted by molar-refractivity contribution is 9.13. The van der Waals surface area contributed by atoms with Gasteiger partial charge in [0, 0.05) is 58.4 Å². The molecule has 1 amide bonds. The van der Waals surface area contributed by atoms with Crippen LogP contribution < -0.4 is 0 Å². The van der Waals surface area contributed by atoms with Crippen LogP contribution in [0.25, 0.3) is 10.9 Å². The Balaban J connectivity index is 1.89. The minimum absolute atomic E-state index is 0.0238. The molecule has 0 atom stereocenters. The maximum absolute atomic E-state index is 12.7. The van der Waals surface area contributed by atoms with Gasteiger partial charge in [-0.25, -0.2) is 0 Å². The highest BCUT2D eigenvalue weighted by atomic mass is 79.9. The van der Waals surface area contributed by atoms with Gasteiger partial charge in [-0.15, -0.1) is 0 Å². The summed E-state index contributed by atoms with van der Waals surface area (Å²) >= 11 is 6.95. The number of fused-ring (bicyclic) bond motifs is 1. The number of nitrogens with one attached hydrogen (secondary N) is 1. The van der Waals surface area contributed by atoms with E-state index in [2.05, 4.69) is 41.9 Å². The van der Waals surface area contributed by atoms with Crippen LogP contribution in [0.3, 0.4) is 0 Å². The van der Waals surface area contributed by atoms with E-state index in [4.69, 9.17) is 0 Å². The number of aromatic nitrogens is 3. The number of carbonyl (C=O) groups excluding carboxylic acids is 1. The summed E-state index contributed by atoms with van der Waals surface area (Å²) in [6, 6.07) is 3.90. The number of H-pyrrole nitrogens is 1. The van der Waals surface area contributed by atoms with E-state index in [1.54, 1.807) is 29.0 Å². The molecule has 0 spiro atoms. The lowest BCUT2D eigenvalue weighted by molar-refractivity contribution is 0.0787. The number of benzene rings is 1. The van der Waals surface area contributed by atoms with Gasteiger partial charge < -0.3 is 9.88 Å². The average Bonchev–Trinajstić information content (AvgIpc) is 3.05. The molecule has 3 rings (SSSR count). The van der Waals surface area contributed by atoms with Gasteiger partial charge in [-0.1, -0.05) is 0 Å². The number of aromatic amines is 1. The van der Waals surface area contributed by atoms with Crippen molar-refractivity contribution in [2.24, 2.45) is 7.05 Å². The first-order valence-electron chi connectivity index (χ1n) is 6.65. The number of rotatable bonds is 3. The minimum atomic E-state index is -0.0238. The number of aryl methyl sites for hydroxylation is 1. The van der Waals surface area contributed by atoms with Gasteiger partial charge in [0.15, 0.2) is 0 Å². The predicted molar refractivity (Wildman–Crippen MR) is 92.7 cm³/mol. The topological polar surface area (TPSA) is 53.9 Å². The van der Waals surface area contributed by atoms with Gasteiger partial charge in [-0.3, -0.25) is 9.48 Å². The Morgan fingerprint density at radius 3 is 2.77 bits per heavy atom. The molecular weight excluding hydrogens is 412 g/mol. The third-order valence-electron chi connectivity index (χ3n) is 3.48. The Kier molecular flexibility index (Phi) is 4.10. The fraction of sp³-hybridized carbons (Fsp3) is 0.200. The van der Waals surface area contributed by atoms with Crippen LogP contribution in [-0.4, -0.2) is 32.6 Å². The zero-order valence-corrected chi connectivity index (χ0v) is 15.3. The molecular formula is C15H14Br2N4O. The standard InChI is InChI=1S/C15H14Br2N4O/c1-20(7-9-5-19-21(2)8-9)15(22)11-6-18-14-4-13(17)12(16)3-10(11)14/h3-6,8,18H,7H2,1-2H3. The summed E-state index contributed by atoms with van der Waals surface area (Å²) in [5.41, 5.74) is 2.59. The molecule has 1 N–H and O–H groups in total. The molecule has 0 fully saturated rings. The average molecular weight is 426 g/mol. The molecule has 0 saturated heterocycles. The van der Waals surface area contributed by atoms with Crippen molar-refractivity contribution in [3.05, 3.63) is 50.8 Å². The zero-order valence-electron chi connectivity index (χ0n) is 12.1. The second kappa shape index (κ2) is 5.89. The second-order valence-corrected chi connectivity index (χ2v) is 6.91. The molecule has 3 aromatic rings. The van der Waals surface area contributed by atoms with E-state index < -0.39 is 0 Å². The van der Waals surface area contributed by atoms with Gasteiger partial charge >= 0.3 is 0 Å². The summed E-state index contributed by atoms with van der Waals surface area (Å²) in [6.07, 6.45) is 5.44. The minimum Gasteiger partial charge on any atom is -0.360 e. The van der Waals surface area contributed by atoms with Crippen LogP contribution in [0.15, 0.2) is 39.7 Å². The Morgan fingerprint density at radius 2 is 2.09 bits per heavy atom. The maximum Gasteiger partial charge on any atom is 0.256 e. The molecule has 2 aromatic heterocycles. The summed E-state index contributed by atoms with van der Waals surface area (Å²) in [7, 11) is 3.66. The molecule has 2 heterocycles. The van der Waals surface area contributed by atoms with Crippen molar-refractivity contribution < 1.29 is 4.79 Å². The van der Waals surface area contributed by atoms with Gasteiger partial charge in [0.05, 0.1) is 11.8 Å². The van der Waals surface area contributed by atoms with Gasteiger partial charge in [0.25, 0.3) is 5.91 Å². The SMILES string of the molecule is CN(Cc1cnn(C)c1)C(=O)c1c[nH]c2cc(Br)c(Br)cc12. The first kappa shape index (κ1) is 15.3. The highest BCUT2D eigenvalue weighted by Crippen LogP contribution is 2.30. The molecule has 0 aliphatic rings. The van der Waals surface area contributed by atoms with E-state index in [0.717, 1.165) is 25.4 Å². The molecule has 7 heteroatoms. The number of amides is 1. The Labute approximate surface area is 144 Å². The summed E-state index contributed by atoms with van der Waals surface area (Å²) < 4.78 is 3.60. The number of nitrogens with zero attached hydrogens (tertiary/aromatic N) is 3. The van der Waals surface area contributed by atoms with Crippen LogP contribution in [0.1, 0.15) is 15.9 Å². The number of carbonyl (C=O) groups is 1. The Morgan fingerprint density at radius 1 is 1.36 bits per heavy atom. The van der Waals surface area contributed by atoms with Crippen molar-refractivity contribution in [2.45, 2.75) is 6.54 Å². The van der Waals surface area contributed by atoms with Crippen molar-refractivity contribution in [1.82, 2.24) is 19.7 Å². The van der Waals surface area contributed by atoms with Crippen molar-refractivity contribution >= 4 is 48.7 Å². The van der Waals surface area contributed by atoms with Crippen LogP contribution in [0.2, 0.25) is 0 Å². The van der Waals surface area contributed by atoms with Crippen molar-refractivity contribution in [1.29, 1.82) is 0 Å². The fourth-order valence-electron chi connectivity index (χ4n) is 2.40. The first-order valence-corrected chi connectivity index (χ1v) is 8.23. The molecule has 0 aliphatic heterocycles. The molecule has 0 saturated carbocycles. The molecule has 0 radical (unpaired) electrons. The van der Waals surface area contributed by atoms with Crippen LogP contribution in [0.5, 0.6) is 0 Å². The van der Waals surface area contributed by atoms with E-state index in [-0.39, 0.29) is 5.91 Å². The molecule has 0 aliphatic carbocycles. The fourth-order valence-corrected chi connectivity index (χ4v) is 3.09. The van der Waals surface area contributed by atoms with E-state index in [1.165, 1.54) is 0 Å². The van der Waals surface area contributed by atoms with Gasteiger partial charge in [0.1, 0.15) is 0 Å². The molecule has 114 valence electrons. The third kappa shape index (κ3) is 2.83. The number of halogens is 2. The summed E-state index contributed by atoms with van der Waals surface area (Å²) in [5.74, 6) is -0.0238. The van der Waals surface area contributed by atoms with Crippen LogP contribution >= 0.6 is 31.9 Å². The largest absolute Gasteiger partial charge is 0.360 e. The van der Waals surface area contributed by atoms with Gasteiger partial charge in [-0.2, -0.15) is 5.10 Å². The molecule has 1 aromatic carbocycles. The summed E-state index contributed by atoms with van der Waals surface area (Å²) in [4.78, 5) is 17.5. The Hall–Kier alpha value is -1.60. The molecule has 0 bridgehead atoms. The van der Waals surface area contributed by atoms with E-state index in [0.29, 0.717) is 12.1 Å². The molecule has 0 unspecified atom stereocenters. The molecule has 22 heavy (non-hydrogen) atoms. The van der Waals surface area contributed by atoms with E-state index in [9.17, 15) is 4.79 Å². The second-order valence-electron chi connectivity index (χ2n) is 5.20. The number of hydrogen-bond acceptors (Lipinski definition) is 2. The quantitative estimate of drug-likeness (QED) is 0.695. The monoisotopic (exact) mass is 424 g/mol. The van der Waals surface area contributed by atoms with E-state index >= 15 is 0 Å². The van der Waals surface area contributed by atoms with Crippen molar-refractivity contribution in [3.63, 3.8) is 0 Å². The van der Waals surface area contributed by atoms with Crippen LogP contribution in [-0.2, 0) is 13.6 Å². The predicted octanol–water partition coefficient (Wildman–Crippen LogP) is 3.70. The van der Waals surface area contributed by atoms with Gasteiger partial charge in [-0.05, 0) is 44.0 Å². The Bertz CT molecular complexity index is 852. The molecule has 5 nitrogen and oxygen atoms in total. The third-order valence-corrected chi connectivity index (χ3v) is 5.32. The lowest BCUT2D eigenvalue weighted by Crippen LogP contribution is -2.25. The highest BCUT2D eigenvalue weighted by Gasteiger charge is 2.17. The smallest absolute Gasteiger partial charge is 0.256 e. The summed E-state index contributed by atoms with van der Waals surface area (Å²) in [6.45, 7) is 0.525. The lowest BCUT2D eigenvalue weighted by atomic mass is 10.1. The van der Waals surface area contributed by atoms with Crippen molar-refractivity contribution in [3.8, 4) is 0 Å².